The van der Waals surface area contributed by atoms with E-state index in [2.05, 4.69) is 15.1 Å². The lowest BCUT2D eigenvalue weighted by Gasteiger charge is -2.26. The van der Waals surface area contributed by atoms with Gasteiger partial charge in [0.05, 0.1) is 6.54 Å². The Kier molecular flexibility index (Phi) is 4.35. The fourth-order valence-electron chi connectivity index (χ4n) is 2.67. The fraction of sp³-hybridized carbons (Fsp3) is 0.176. The number of aromatic nitrogens is 4. The standard InChI is InChI=1S/C17H14IN5O2/c18-17-19-7-6-14(20-17)22-8-9-23-13(16(22)24)10-15(21-23)25-11-12-4-2-1-3-5-12/h1-7,10H,8-9,11H2. The van der Waals surface area contributed by atoms with E-state index in [1.54, 1.807) is 27.9 Å². The number of hydrogen-bond donors (Lipinski definition) is 0. The highest BCUT2D eigenvalue weighted by Crippen LogP contribution is 2.22. The summed E-state index contributed by atoms with van der Waals surface area (Å²) in [5.74, 6) is 0.915. The quantitative estimate of drug-likeness (QED) is 0.454. The molecule has 1 amide bonds. The van der Waals surface area contributed by atoms with Crippen LogP contribution in [0.2, 0.25) is 0 Å². The van der Waals surface area contributed by atoms with Gasteiger partial charge in [0.1, 0.15) is 18.1 Å². The zero-order valence-corrected chi connectivity index (χ0v) is 15.3. The highest BCUT2D eigenvalue weighted by molar-refractivity contribution is 14.1. The van der Waals surface area contributed by atoms with E-state index in [-0.39, 0.29) is 5.91 Å². The van der Waals surface area contributed by atoms with Gasteiger partial charge in [0.15, 0.2) is 3.83 Å². The molecular weight excluding hydrogens is 433 g/mol. The minimum absolute atomic E-state index is 0.136. The molecule has 2 aromatic heterocycles. The molecule has 1 aromatic carbocycles. The highest BCUT2D eigenvalue weighted by Gasteiger charge is 2.28. The van der Waals surface area contributed by atoms with Crippen molar-refractivity contribution in [3.63, 3.8) is 0 Å². The normalized spacial score (nSPS) is 13.6. The summed E-state index contributed by atoms with van der Waals surface area (Å²) in [6, 6.07) is 13.3. The van der Waals surface area contributed by atoms with Crippen molar-refractivity contribution < 1.29 is 9.53 Å². The van der Waals surface area contributed by atoms with Gasteiger partial charge in [-0.1, -0.05) is 30.3 Å². The molecule has 0 fully saturated rings. The summed E-state index contributed by atoms with van der Waals surface area (Å²) < 4.78 is 8.01. The van der Waals surface area contributed by atoms with Crippen molar-refractivity contribution in [2.45, 2.75) is 13.2 Å². The Labute approximate surface area is 157 Å². The van der Waals surface area contributed by atoms with Gasteiger partial charge >= 0.3 is 0 Å². The van der Waals surface area contributed by atoms with Crippen LogP contribution in [0.3, 0.4) is 0 Å². The highest BCUT2D eigenvalue weighted by atomic mass is 127. The molecule has 0 unspecified atom stereocenters. The maximum atomic E-state index is 12.8. The van der Waals surface area contributed by atoms with Crippen LogP contribution in [-0.2, 0) is 13.2 Å². The number of halogens is 1. The number of fused-ring (bicyclic) bond motifs is 1. The second-order valence-corrected chi connectivity index (χ2v) is 6.47. The van der Waals surface area contributed by atoms with Crippen molar-refractivity contribution in [2.75, 3.05) is 11.4 Å². The third-order valence-electron chi connectivity index (χ3n) is 3.87. The van der Waals surface area contributed by atoms with Crippen molar-refractivity contribution in [3.8, 4) is 5.88 Å². The number of benzene rings is 1. The fourth-order valence-corrected chi connectivity index (χ4v) is 3.08. The lowest BCUT2D eigenvalue weighted by atomic mass is 10.2. The summed E-state index contributed by atoms with van der Waals surface area (Å²) in [6.45, 7) is 1.52. The molecule has 1 aliphatic rings. The second kappa shape index (κ2) is 6.79. The van der Waals surface area contributed by atoms with Crippen molar-refractivity contribution in [3.05, 3.63) is 63.7 Å². The van der Waals surface area contributed by atoms with Crippen LogP contribution in [0, 0.1) is 3.83 Å². The van der Waals surface area contributed by atoms with Crippen LogP contribution in [0.4, 0.5) is 5.82 Å². The number of anilines is 1. The average Bonchev–Trinajstić information content (AvgIpc) is 3.05. The monoisotopic (exact) mass is 447 g/mol. The zero-order chi connectivity index (χ0) is 17.2. The number of amides is 1. The molecule has 25 heavy (non-hydrogen) atoms. The lowest BCUT2D eigenvalue weighted by Crippen LogP contribution is -2.41. The van der Waals surface area contributed by atoms with Gasteiger partial charge in [-0.25, -0.2) is 9.97 Å². The van der Waals surface area contributed by atoms with Crippen LogP contribution in [-0.4, -0.2) is 32.2 Å². The van der Waals surface area contributed by atoms with E-state index in [0.717, 1.165) is 5.56 Å². The third-order valence-corrected chi connectivity index (χ3v) is 4.39. The van der Waals surface area contributed by atoms with Crippen molar-refractivity contribution in [2.24, 2.45) is 0 Å². The molecule has 0 bridgehead atoms. The summed E-state index contributed by atoms with van der Waals surface area (Å²) in [5, 5.41) is 4.37. The molecule has 0 saturated carbocycles. The van der Waals surface area contributed by atoms with Gasteiger partial charge in [0, 0.05) is 41.4 Å². The number of ether oxygens (including phenoxy) is 1. The number of hydrogen-bond acceptors (Lipinski definition) is 5. The van der Waals surface area contributed by atoms with Gasteiger partial charge in [-0.2, -0.15) is 0 Å². The van der Waals surface area contributed by atoms with Crippen molar-refractivity contribution in [1.29, 1.82) is 0 Å². The number of nitrogens with zero attached hydrogens (tertiary/aromatic N) is 5. The summed E-state index contributed by atoms with van der Waals surface area (Å²) in [7, 11) is 0. The van der Waals surface area contributed by atoms with Crippen LogP contribution in [0.15, 0.2) is 48.7 Å². The predicted octanol–water partition coefficient (Wildman–Crippen LogP) is 2.52. The Morgan fingerprint density at radius 1 is 1.16 bits per heavy atom. The van der Waals surface area contributed by atoms with E-state index < -0.39 is 0 Å². The summed E-state index contributed by atoms with van der Waals surface area (Å²) >= 11 is 2.03. The van der Waals surface area contributed by atoms with Crippen LogP contribution in [0.25, 0.3) is 0 Å². The molecule has 0 atom stereocenters. The van der Waals surface area contributed by atoms with Gasteiger partial charge in [0.2, 0.25) is 5.88 Å². The van der Waals surface area contributed by atoms with E-state index in [0.29, 0.717) is 40.9 Å². The average molecular weight is 447 g/mol. The molecule has 0 radical (unpaired) electrons. The van der Waals surface area contributed by atoms with Gasteiger partial charge in [-0.05, 0) is 11.6 Å². The SMILES string of the molecule is O=C1c2cc(OCc3ccccc3)nn2CCN1c1ccnc(I)n1. The third kappa shape index (κ3) is 3.34. The topological polar surface area (TPSA) is 73.1 Å². The summed E-state index contributed by atoms with van der Waals surface area (Å²) in [6.07, 6.45) is 1.65. The van der Waals surface area contributed by atoms with Gasteiger partial charge in [-0.3, -0.25) is 14.4 Å². The van der Waals surface area contributed by atoms with Crippen LogP contribution in [0.5, 0.6) is 5.88 Å². The van der Waals surface area contributed by atoms with E-state index in [9.17, 15) is 4.79 Å². The maximum Gasteiger partial charge on any atom is 0.277 e. The first-order chi connectivity index (χ1) is 12.2. The molecule has 4 rings (SSSR count). The molecule has 0 N–H and O–H groups in total. The zero-order valence-electron chi connectivity index (χ0n) is 13.2. The van der Waals surface area contributed by atoms with Crippen molar-refractivity contribution in [1.82, 2.24) is 19.7 Å². The molecule has 3 aromatic rings. The van der Waals surface area contributed by atoms with Crippen LogP contribution >= 0.6 is 22.6 Å². The number of carbonyl (C=O) groups excluding carboxylic acids is 1. The van der Waals surface area contributed by atoms with E-state index in [1.165, 1.54) is 0 Å². The lowest BCUT2D eigenvalue weighted by molar-refractivity contribution is 0.0961. The molecule has 7 nitrogen and oxygen atoms in total. The first-order valence-electron chi connectivity index (χ1n) is 7.76. The number of rotatable bonds is 4. The van der Waals surface area contributed by atoms with Crippen LogP contribution in [0.1, 0.15) is 16.1 Å². The Bertz CT molecular complexity index is 912. The first-order valence-corrected chi connectivity index (χ1v) is 8.83. The Morgan fingerprint density at radius 3 is 2.80 bits per heavy atom. The Morgan fingerprint density at radius 2 is 2.00 bits per heavy atom. The van der Waals surface area contributed by atoms with E-state index in [1.807, 2.05) is 52.9 Å². The molecular formula is C17H14IN5O2. The predicted molar refractivity (Wildman–Crippen MR) is 99.4 cm³/mol. The van der Waals surface area contributed by atoms with E-state index in [4.69, 9.17) is 4.74 Å². The molecule has 0 spiro atoms. The molecule has 0 saturated heterocycles. The van der Waals surface area contributed by atoms with Gasteiger partial charge in [-0.15, -0.1) is 5.10 Å². The largest absolute Gasteiger partial charge is 0.472 e. The number of carbonyl (C=O) groups is 1. The minimum atomic E-state index is -0.136. The molecule has 0 aliphatic carbocycles. The Balaban J connectivity index is 1.53. The molecule has 1 aliphatic heterocycles. The molecule has 8 heteroatoms. The second-order valence-electron chi connectivity index (χ2n) is 5.51. The van der Waals surface area contributed by atoms with Crippen LogP contribution < -0.4 is 9.64 Å². The van der Waals surface area contributed by atoms with Crippen molar-refractivity contribution >= 4 is 34.3 Å². The summed E-state index contributed by atoms with van der Waals surface area (Å²) in [4.78, 5) is 22.8. The van der Waals surface area contributed by atoms with E-state index >= 15 is 0 Å². The smallest absolute Gasteiger partial charge is 0.277 e. The van der Waals surface area contributed by atoms with Gasteiger partial charge in [0.25, 0.3) is 5.91 Å². The van der Waals surface area contributed by atoms with Gasteiger partial charge < -0.3 is 4.74 Å². The maximum absolute atomic E-state index is 12.8. The Hall–Kier alpha value is -2.49. The first kappa shape index (κ1) is 16.0. The molecule has 126 valence electrons. The minimum Gasteiger partial charge on any atom is -0.472 e. The molecule has 3 heterocycles. The summed E-state index contributed by atoms with van der Waals surface area (Å²) in [5.41, 5.74) is 1.56.